The van der Waals surface area contributed by atoms with Crippen molar-refractivity contribution in [3.05, 3.63) is 35.9 Å². The molecule has 0 heterocycles. The number of halogens is 1. The Kier molecular flexibility index (Phi) is 7.62. The minimum absolute atomic E-state index is 0.397. The predicted octanol–water partition coefficient (Wildman–Crippen LogP) is 3.96. The Hall–Kier alpha value is -0.820. The minimum atomic E-state index is -0.487. The number of carbonyl (C=O) groups is 1. The second kappa shape index (κ2) is 8.72. The van der Waals surface area contributed by atoms with Crippen LogP contribution in [0.15, 0.2) is 30.3 Å². The number of alkyl carbamates (subject to hydrolysis) is 1. The number of hydrogen-bond acceptors (Lipinski definition) is 3. The van der Waals surface area contributed by atoms with Crippen LogP contribution in [0.1, 0.15) is 33.3 Å². The normalized spacial score (nSPS) is 14.2. The number of alkyl halides is 1. The van der Waals surface area contributed by atoms with E-state index in [1.807, 2.05) is 45.9 Å². The topological polar surface area (TPSA) is 47.6 Å². The molecule has 5 heteroatoms. The number of hydrogen-bond donors (Lipinski definition) is 1. The van der Waals surface area contributed by atoms with Gasteiger partial charge >= 0.3 is 6.09 Å². The first-order chi connectivity index (χ1) is 10.2. The lowest BCUT2D eigenvalue weighted by Crippen LogP contribution is -2.45. The summed E-state index contributed by atoms with van der Waals surface area (Å²) in [5, 5.41) is 2.79. The lowest BCUT2D eigenvalue weighted by atomic mass is 10.1. The van der Waals surface area contributed by atoms with Crippen LogP contribution in [0.3, 0.4) is 0 Å². The average molecular weight is 419 g/mol. The van der Waals surface area contributed by atoms with E-state index in [4.69, 9.17) is 9.47 Å². The van der Waals surface area contributed by atoms with Crippen LogP contribution in [0.5, 0.6) is 0 Å². The van der Waals surface area contributed by atoms with E-state index in [2.05, 4.69) is 40.0 Å². The first kappa shape index (κ1) is 19.2. The first-order valence-corrected chi connectivity index (χ1v) is 8.97. The standard InChI is InChI=1S/C17H26INO3/c1-16(2,3)22-15(20)19-13-17(4,12-18)21-11-10-14-8-6-5-7-9-14/h5-9H,10-13H2,1-4H3,(H,19,20). The van der Waals surface area contributed by atoms with Crippen molar-refractivity contribution in [2.24, 2.45) is 0 Å². The zero-order chi connectivity index (χ0) is 16.6. The summed E-state index contributed by atoms with van der Waals surface area (Å²) >= 11 is 2.28. The highest BCUT2D eigenvalue weighted by molar-refractivity contribution is 14.1. The molecule has 1 amide bonds. The quantitative estimate of drug-likeness (QED) is 0.538. The summed E-state index contributed by atoms with van der Waals surface area (Å²) in [5.74, 6) is 0. The van der Waals surface area contributed by atoms with Gasteiger partial charge in [-0.1, -0.05) is 52.9 Å². The van der Waals surface area contributed by atoms with Crippen molar-refractivity contribution in [2.75, 3.05) is 17.6 Å². The summed E-state index contributed by atoms with van der Waals surface area (Å²) in [5.41, 5.74) is 0.365. The highest BCUT2D eigenvalue weighted by Crippen LogP contribution is 2.15. The molecule has 0 aliphatic rings. The summed E-state index contributed by atoms with van der Waals surface area (Å²) in [6.45, 7) is 8.60. The van der Waals surface area contributed by atoms with E-state index in [0.29, 0.717) is 13.2 Å². The van der Waals surface area contributed by atoms with Gasteiger partial charge in [-0.05, 0) is 39.7 Å². The second-order valence-corrected chi connectivity index (χ2v) is 7.29. The van der Waals surface area contributed by atoms with Crippen LogP contribution >= 0.6 is 22.6 Å². The first-order valence-electron chi connectivity index (χ1n) is 7.45. The van der Waals surface area contributed by atoms with Crippen molar-refractivity contribution in [3.63, 3.8) is 0 Å². The number of benzene rings is 1. The van der Waals surface area contributed by atoms with Gasteiger partial charge in [0.05, 0.1) is 18.8 Å². The van der Waals surface area contributed by atoms with Crippen LogP contribution in [0.2, 0.25) is 0 Å². The van der Waals surface area contributed by atoms with Gasteiger partial charge < -0.3 is 14.8 Å². The lowest BCUT2D eigenvalue weighted by Gasteiger charge is -2.29. The second-order valence-electron chi connectivity index (χ2n) is 6.52. The monoisotopic (exact) mass is 419 g/mol. The molecule has 4 nitrogen and oxygen atoms in total. The van der Waals surface area contributed by atoms with Crippen molar-refractivity contribution in [3.8, 4) is 0 Å². The van der Waals surface area contributed by atoms with Gasteiger partial charge in [0, 0.05) is 4.43 Å². The van der Waals surface area contributed by atoms with Gasteiger partial charge in [-0.2, -0.15) is 0 Å². The third-order valence-electron chi connectivity index (χ3n) is 2.97. The molecule has 1 aromatic carbocycles. The Labute approximate surface area is 147 Å². The molecule has 1 unspecified atom stereocenters. The molecule has 0 aliphatic heterocycles. The zero-order valence-electron chi connectivity index (χ0n) is 13.8. The SMILES string of the molecule is CC(C)(C)OC(=O)NCC(C)(CI)OCCc1ccccc1. The number of ether oxygens (including phenoxy) is 2. The number of amides is 1. The Balaban J connectivity index is 2.38. The minimum Gasteiger partial charge on any atom is -0.444 e. The molecule has 0 saturated carbocycles. The van der Waals surface area contributed by atoms with Crippen molar-refractivity contribution < 1.29 is 14.3 Å². The van der Waals surface area contributed by atoms with E-state index in [1.165, 1.54) is 5.56 Å². The maximum Gasteiger partial charge on any atom is 0.407 e. The van der Waals surface area contributed by atoms with Crippen molar-refractivity contribution in [1.29, 1.82) is 0 Å². The maximum atomic E-state index is 11.7. The van der Waals surface area contributed by atoms with Crippen LogP contribution in [0.4, 0.5) is 4.79 Å². The Morgan fingerprint density at radius 1 is 1.18 bits per heavy atom. The van der Waals surface area contributed by atoms with Gasteiger partial charge in [0.25, 0.3) is 0 Å². The van der Waals surface area contributed by atoms with Gasteiger partial charge in [-0.15, -0.1) is 0 Å². The molecule has 124 valence electrons. The van der Waals surface area contributed by atoms with Gasteiger partial charge in [-0.3, -0.25) is 0 Å². The smallest absolute Gasteiger partial charge is 0.407 e. The Morgan fingerprint density at radius 2 is 1.82 bits per heavy atom. The Morgan fingerprint density at radius 3 is 2.36 bits per heavy atom. The van der Waals surface area contributed by atoms with E-state index < -0.39 is 17.3 Å². The zero-order valence-corrected chi connectivity index (χ0v) is 16.0. The van der Waals surface area contributed by atoms with Gasteiger partial charge in [0.1, 0.15) is 5.60 Å². The third-order valence-corrected chi connectivity index (χ3v) is 4.59. The molecule has 1 atom stereocenters. The van der Waals surface area contributed by atoms with E-state index in [-0.39, 0.29) is 0 Å². The van der Waals surface area contributed by atoms with Crippen molar-refractivity contribution in [2.45, 2.75) is 45.3 Å². The van der Waals surface area contributed by atoms with Gasteiger partial charge in [-0.25, -0.2) is 4.79 Å². The maximum absolute atomic E-state index is 11.7. The summed E-state index contributed by atoms with van der Waals surface area (Å²) in [6.07, 6.45) is 0.453. The molecule has 0 spiro atoms. The molecule has 1 rings (SSSR count). The molecular weight excluding hydrogens is 393 g/mol. The average Bonchev–Trinajstić information content (AvgIpc) is 2.45. The summed E-state index contributed by atoms with van der Waals surface area (Å²) in [7, 11) is 0. The largest absolute Gasteiger partial charge is 0.444 e. The molecule has 0 aliphatic carbocycles. The van der Waals surface area contributed by atoms with E-state index in [1.54, 1.807) is 0 Å². The fourth-order valence-electron chi connectivity index (χ4n) is 1.77. The predicted molar refractivity (Wildman–Crippen MR) is 97.6 cm³/mol. The van der Waals surface area contributed by atoms with Crippen LogP contribution in [0.25, 0.3) is 0 Å². The lowest BCUT2D eigenvalue weighted by molar-refractivity contribution is -0.0123. The number of carbonyl (C=O) groups excluding carboxylic acids is 1. The van der Waals surface area contributed by atoms with Crippen molar-refractivity contribution in [1.82, 2.24) is 5.32 Å². The molecule has 0 bridgehead atoms. The number of nitrogens with one attached hydrogen (secondary N) is 1. The molecule has 0 fully saturated rings. The third kappa shape index (κ3) is 7.98. The molecule has 0 radical (unpaired) electrons. The van der Waals surface area contributed by atoms with Crippen LogP contribution in [0, 0.1) is 0 Å². The summed E-state index contributed by atoms with van der Waals surface area (Å²) in [6, 6.07) is 10.2. The molecule has 1 N–H and O–H groups in total. The Bertz CT molecular complexity index is 459. The molecule has 22 heavy (non-hydrogen) atoms. The fraction of sp³-hybridized carbons (Fsp3) is 0.588. The fourth-order valence-corrected chi connectivity index (χ4v) is 2.26. The van der Waals surface area contributed by atoms with Crippen LogP contribution in [-0.2, 0) is 15.9 Å². The van der Waals surface area contributed by atoms with Gasteiger partial charge in [0.2, 0.25) is 0 Å². The van der Waals surface area contributed by atoms with E-state index in [0.717, 1.165) is 10.8 Å². The summed E-state index contributed by atoms with van der Waals surface area (Å²) in [4.78, 5) is 11.7. The van der Waals surface area contributed by atoms with Gasteiger partial charge in [0.15, 0.2) is 0 Å². The van der Waals surface area contributed by atoms with Crippen molar-refractivity contribution >= 4 is 28.7 Å². The van der Waals surface area contributed by atoms with Crippen LogP contribution in [-0.4, -0.2) is 34.9 Å². The molecule has 0 aromatic heterocycles. The molecular formula is C17H26INO3. The van der Waals surface area contributed by atoms with E-state index in [9.17, 15) is 4.79 Å². The highest BCUT2D eigenvalue weighted by Gasteiger charge is 2.26. The van der Waals surface area contributed by atoms with Crippen LogP contribution < -0.4 is 5.32 Å². The molecule has 0 saturated heterocycles. The highest BCUT2D eigenvalue weighted by atomic mass is 127. The summed E-state index contributed by atoms with van der Waals surface area (Å²) < 4.78 is 12.0. The molecule has 1 aromatic rings. The number of rotatable bonds is 7. The van der Waals surface area contributed by atoms with E-state index >= 15 is 0 Å².